The second-order valence-corrected chi connectivity index (χ2v) is 2.54. The summed E-state index contributed by atoms with van der Waals surface area (Å²) in [5.41, 5.74) is 0. The quantitative estimate of drug-likeness (QED) is 0.450. The smallest absolute Gasteiger partial charge is 0.309 e. The van der Waals surface area contributed by atoms with E-state index in [1.165, 1.54) is 0 Å². The summed E-state index contributed by atoms with van der Waals surface area (Å²) in [5, 5.41) is 0. The molecule has 0 spiro atoms. The Bertz CT molecular complexity index is 161. The van der Waals surface area contributed by atoms with Crippen LogP contribution < -0.4 is 0 Å². The SMILES string of the molecule is C=CCC(=O)O[C@@H](CC)CC=C. The van der Waals surface area contributed by atoms with Crippen LogP contribution in [0.1, 0.15) is 26.2 Å². The van der Waals surface area contributed by atoms with Crippen molar-refractivity contribution in [3.63, 3.8) is 0 Å². The van der Waals surface area contributed by atoms with Gasteiger partial charge in [0.1, 0.15) is 6.10 Å². The lowest BCUT2D eigenvalue weighted by molar-refractivity contribution is -0.147. The summed E-state index contributed by atoms with van der Waals surface area (Å²) in [6.45, 7) is 9.03. The van der Waals surface area contributed by atoms with E-state index in [2.05, 4.69) is 13.2 Å². The molecule has 0 amide bonds. The van der Waals surface area contributed by atoms with Gasteiger partial charge in [0.2, 0.25) is 0 Å². The van der Waals surface area contributed by atoms with Crippen molar-refractivity contribution in [3.05, 3.63) is 25.3 Å². The molecule has 0 unspecified atom stereocenters. The molecule has 0 rings (SSSR count). The molecule has 0 aromatic heterocycles. The summed E-state index contributed by atoms with van der Waals surface area (Å²) >= 11 is 0. The topological polar surface area (TPSA) is 26.3 Å². The molecule has 0 radical (unpaired) electrons. The fourth-order valence-corrected chi connectivity index (χ4v) is 0.836. The number of hydrogen-bond donors (Lipinski definition) is 0. The summed E-state index contributed by atoms with van der Waals surface area (Å²) in [7, 11) is 0. The average Bonchev–Trinajstić information content (AvgIpc) is 2.04. The third-order valence-corrected chi connectivity index (χ3v) is 1.49. The van der Waals surface area contributed by atoms with Crippen LogP contribution in [0.3, 0.4) is 0 Å². The minimum Gasteiger partial charge on any atom is -0.462 e. The molecule has 0 saturated heterocycles. The van der Waals surface area contributed by atoms with Gasteiger partial charge in [-0.15, -0.1) is 13.2 Å². The molecule has 2 nitrogen and oxygen atoms in total. The van der Waals surface area contributed by atoms with Crippen molar-refractivity contribution in [1.29, 1.82) is 0 Å². The van der Waals surface area contributed by atoms with Crippen LogP contribution in [0.25, 0.3) is 0 Å². The zero-order chi connectivity index (χ0) is 9.40. The highest BCUT2D eigenvalue weighted by atomic mass is 16.5. The van der Waals surface area contributed by atoms with Crippen LogP contribution in [0.2, 0.25) is 0 Å². The lowest BCUT2D eigenvalue weighted by Gasteiger charge is -2.13. The molecule has 12 heavy (non-hydrogen) atoms. The van der Waals surface area contributed by atoms with Gasteiger partial charge in [0, 0.05) is 6.42 Å². The van der Waals surface area contributed by atoms with Gasteiger partial charge in [-0.3, -0.25) is 4.79 Å². The van der Waals surface area contributed by atoms with Gasteiger partial charge < -0.3 is 4.74 Å². The molecule has 0 fully saturated rings. The van der Waals surface area contributed by atoms with Crippen molar-refractivity contribution in [2.75, 3.05) is 0 Å². The highest BCUT2D eigenvalue weighted by Crippen LogP contribution is 2.05. The molecule has 0 aliphatic carbocycles. The van der Waals surface area contributed by atoms with E-state index in [1.807, 2.05) is 6.92 Å². The van der Waals surface area contributed by atoms with E-state index in [9.17, 15) is 4.79 Å². The van der Waals surface area contributed by atoms with Gasteiger partial charge in [-0.1, -0.05) is 19.1 Å². The van der Waals surface area contributed by atoms with E-state index in [4.69, 9.17) is 4.74 Å². The predicted octanol–water partition coefficient (Wildman–Crippen LogP) is 2.46. The maximum absolute atomic E-state index is 11.0. The number of carbonyl (C=O) groups excluding carboxylic acids is 1. The van der Waals surface area contributed by atoms with E-state index >= 15 is 0 Å². The first-order valence-electron chi connectivity index (χ1n) is 4.15. The lowest BCUT2D eigenvalue weighted by atomic mass is 10.2. The number of rotatable bonds is 6. The van der Waals surface area contributed by atoms with Crippen molar-refractivity contribution in [2.24, 2.45) is 0 Å². The molecule has 2 heteroatoms. The molecule has 0 aliphatic rings. The molecule has 0 aromatic rings. The van der Waals surface area contributed by atoms with E-state index < -0.39 is 0 Å². The summed E-state index contributed by atoms with van der Waals surface area (Å²) in [5.74, 6) is -0.210. The van der Waals surface area contributed by atoms with Gasteiger partial charge in [-0.05, 0) is 6.42 Å². The summed E-state index contributed by atoms with van der Waals surface area (Å²) < 4.78 is 5.10. The Morgan fingerprint density at radius 1 is 1.50 bits per heavy atom. The molecule has 0 bridgehead atoms. The van der Waals surface area contributed by atoms with Gasteiger partial charge >= 0.3 is 5.97 Å². The Balaban J connectivity index is 3.75. The maximum atomic E-state index is 11.0. The first kappa shape index (κ1) is 11.0. The van der Waals surface area contributed by atoms with Crippen LogP contribution in [0, 0.1) is 0 Å². The van der Waals surface area contributed by atoms with Gasteiger partial charge in [0.15, 0.2) is 0 Å². The van der Waals surface area contributed by atoms with Crippen LogP contribution in [0.4, 0.5) is 0 Å². The van der Waals surface area contributed by atoms with Gasteiger partial charge in [0.05, 0.1) is 6.42 Å². The number of esters is 1. The first-order valence-corrected chi connectivity index (χ1v) is 4.15. The maximum Gasteiger partial charge on any atom is 0.309 e. The molecule has 1 atom stereocenters. The van der Waals surface area contributed by atoms with Crippen LogP contribution in [-0.4, -0.2) is 12.1 Å². The van der Waals surface area contributed by atoms with Gasteiger partial charge in [-0.25, -0.2) is 0 Å². The van der Waals surface area contributed by atoms with E-state index in [0.29, 0.717) is 0 Å². The average molecular weight is 168 g/mol. The molecule has 0 heterocycles. The van der Waals surface area contributed by atoms with Crippen LogP contribution >= 0.6 is 0 Å². The van der Waals surface area contributed by atoms with Gasteiger partial charge in [-0.2, -0.15) is 0 Å². The molecule has 0 saturated carbocycles. The fourth-order valence-electron chi connectivity index (χ4n) is 0.836. The number of carbonyl (C=O) groups is 1. The third-order valence-electron chi connectivity index (χ3n) is 1.49. The minimum atomic E-state index is -0.210. The fraction of sp³-hybridized carbons (Fsp3) is 0.500. The Kier molecular flexibility index (Phi) is 6.07. The Morgan fingerprint density at radius 2 is 2.17 bits per heavy atom. The van der Waals surface area contributed by atoms with Crippen molar-refractivity contribution < 1.29 is 9.53 Å². The summed E-state index contributed by atoms with van der Waals surface area (Å²) in [4.78, 5) is 11.0. The predicted molar refractivity (Wildman–Crippen MR) is 49.8 cm³/mol. The molecule has 0 N–H and O–H groups in total. The van der Waals surface area contributed by atoms with E-state index in [1.54, 1.807) is 12.2 Å². The molecule has 0 aromatic carbocycles. The van der Waals surface area contributed by atoms with Crippen molar-refractivity contribution in [3.8, 4) is 0 Å². The van der Waals surface area contributed by atoms with Crippen molar-refractivity contribution >= 4 is 5.97 Å². The van der Waals surface area contributed by atoms with Crippen LogP contribution in [-0.2, 0) is 9.53 Å². The molecular weight excluding hydrogens is 152 g/mol. The molecule has 68 valence electrons. The second-order valence-electron chi connectivity index (χ2n) is 2.54. The monoisotopic (exact) mass is 168 g/mol. The minimum absolute atomic E-state index is 0.0186. The Labute approximate surface area is 73.9 Å². The normalized spacial score (nSPS) is 11.8. The lowest BCUT2D eigenvalue weighted by Crippen LogP contribution is -2.15. The molecule has 0 aliphatic heterocycles. The standard InChI is InChI=1S/C10H16O2/c1-4-7-9(6-3)12-10(11)8-5-2/h4-5,9H,1-2,6-8H2,3H3/t9-/m0/s1. The highest BCUT2D eigenvalue weighted by molar-refractivity contribution is 5.71. The van der Waals surface area contributed by atoms with Crippen LogP contribution in [0.15, 0.2) is 25.3 Å². The zero-order valence-electron chi connectivity index (χ0n) is 7.58. The second kappa shape index (κ2) is 6.65. The number of ether oxygens (including phenoxy) is 1. The Morgan fingerprint density at radius 3 is 2.58 bits per heavy atom. The Hall–Kier alpha value is -1.05. The first-order chi connectivity index (χ1) is 5.74. The van der Waals surface area contributed by atoms with Gasteiger partial charge in [0.25, 0.3) is 0 Å². The van der Waals surface area contributed by atoms with E-state index in [-0.39, 0.29) is 18.5 Å². The van der Waals surface area contributed by atoms with Crippen molar-refractivity contribution in [2.45, 2.75) is 32.3 Å². The van der Waals surface area contributed by atoms with Crippen LogP contribution in [0.5, 0.6) is 0 Å². The number of hydrogen-bond acceptors (Lipinski definition) is 2. The third kappa shape index (κ3) is 4.72. The summed E-state index contributed by atoms with van der Waals surface area (Å²) in [6.07, 6.45) is 5.12. The van der Waals surface area contributed by atoms with Crippen molar-refractivity contribution in [1.82, 2.24) is 0 Å². The highest BCUT2D eigenvalue weighted by Gasteiger charge is 2.08. The molecular formula is C10H16O2. The van der Waals surface area contributed by atoms with E-state index in [0.717, 1.165) is 12.8 Å². The zero-order valence-corrected chi connectivity index (χ0v) is 7.58. The largest absolute Gasteiger partial charge is 0.462 e. The summed E-state index contributed by atoms with van der Waals surface area (Å²) in [6, 6.07) is 0.